The van der Waals surface area contributed by atoms with E-state index >= 15 is 0 Å². The first-order valence-electron chi connectivity index (χ1n) is 9.22. The lowest BCUT2D eigenvalue weighted by atomic mass is 10.1. The van der Waals surface area contributed by atoms with E-state index in [1.54, 1.807) is 24.3 Å². The molecule has 1 N–H and O–H groups in total. The van der Waals surface area contributed by atoms with Gasteiger partial charge in [0.1, 0.15) is 33.9 Å². The van der Waals surface area contributed by atoms with E-state index in [2.05, 4.69) is 5.32 Å². The van der Waals surface area contributed by atoms with Crippen LogP contribution in [0.5, 0.6) is 5.75 Å². The topological polar surface area (TPSA) is 118 Å². The molecule has 1 aromatic heterocycles. The van der Waals surface area contributed by atoms with Crippen LogP contribution in [0.4, 0.5) is 11.4 Å². The third kappa shape index (κ3) is 5.27. The maximum atomic E-state index is 12.5. The molecule has 0 fully saturated rings. The van der Waals surface area contributed by atoms with Gasteiger partial charge < -0.3 is 14.5 Å². The number of carbonyl (C=O) groups is 1. The molecule has 0 aliphatic heterocycles. The molecule has 0 saturated heterocycles. The average molecular weight is 472 g/mol. The lowest BCUT2D eigenvalue weighted by Crippen LogP contribution is -2.13. The Labute approximate surface area is 192 Å². The van der Waals surface area contributed by atoms with Crippen LogP contribution in [0.3, 0.4) is 0 Å². The number of anilines is 1. The molecule has 1 heterocycles. The predicted octanol–water partition coefficient (Wildman–Crippen LogP) is 6.11. The highest BCUT2D eigenvalue weighted by Gasteiger charge is 2.19. The Bertz CT molecular complexity index is 1240. The van der Waals surface area contributed by atoms with Crippen LogP contribution in [0.25, 0.3) is 17.4 Å². The predicted molar refractivity (Wildman–Crippen MR) is 121 cm³/mol. The van der Waals surface area contributed by atoms with Crippen molar-refractivity contribution in [3.05, 3.63) is 80.0 Å². The minimum Gasteiger partial charge on any atom is -0.494 e. The highest BCUT2D eigenvalue weighted by atomic mass is 35.5. The number of nitrogens with zero attached hydrogens (tertiary/aromatic N) is 2. The zero-order valence-corrected chi connectivity index (χ0v) is 18.1. The van der Waals surface area contributed by atoms with Crippen molar-refractivity contribution in [2.75, 3.05) is 11.9 Å². The SMILES string of the molecule is CCOc1ccc(NC(=O)/C(C#N)=C\c2ccc(-c3cc([N+](=O)[O-])c(Cl)cc3Cl)o2)cc1. The van der Waals surface area contributed by atoms with E-state index in [0.29, 0.717) is 18.0 Å². The first-order chi connectivity index (χ1) is 15.3. The van der Waals surface area contributed by atoms with Crippen molar-refractivity contribution in [2.24, 2.45) is 0 Å². The second kappa shape index (κ2) is 10.0. The fraction of sp³-hybridized carbons (Fsp3) is 0.0909. The molecule has 0 radical (unpaired) electrons. The van der Waals surface area contributed by atoms with Crippen molar-refractivity contribution < 1.29 is 18.9 Å². The zero-order chi connectivity index (χ0) is 23.3. The number of benzene rings is 2. The summed E-state index contributed by atoms with van der Waals surface area (Å²) < 4.78 is 11.0. The number of nitriles is 1. The maximum absolute atomic E-state index is 12.5. The number of hydrogen-bond acceptors (Lipinski definition) is 6. The van der Waals surface area contributed by atoms with Gasteiger partial charge in [-0.05, 0) is 49.4 Å². The molecule has 0 atom stereocenters. The van der Waals surface area contributed by atoms with Crippen LogP contribution < -0.4 is 10.1 Å². The van der Waals surface area contributed by atoms with Crippen LogP contribution in [0.15, 0.2) is 58.5 Å². The molecule has 0 aliphatic carbocycles. The molecular formula is C22H15Cl2N3O5. The Morgan fingerprint density at radius 2 is 1.94 bits per heavy atom. The highest BCUT2D eigenvalue weighted by molar-refractivity contribution is 6.37. The van der Waals surface area contributed by atoms with Crippen molar-refractivity contribution in [2.45, 2.75) is 6.92 Å². The van der Waals surface area contributed by atoms with Crippen molar-refractivity contribution in [3.8, 4) is 23.1 Å². The van der Waals surface area contributed by atoms with Crippen LogP contribution in [-0.4, -0.2) is 17.4 Å². The molecule has 3 aromatic rings. The van der Waals surface area contributed by atoms with Crippen LogP contribution in [0.1, 0.15) is 12.7 Å². The Morgan fingerprint density at radius 1 is 1.22 bits per heavy atom. The second-order valence-electron chi connectivity index (χ2n) is 6.32. The fourth-order valence-electron chi connectivity index (χ4n) is 2.73. The van der Waals surface area contributed by atoms with E-state index in [4.69, 9.17) is 32.4 Å². The number of nitrogens with one attached hydrogen (secondary N) is 1. The summed E-state index contributed by atoms with van der Waals surface area (Å²) in [6.07, 6.45) is 1.26. The standard InChI is InChI=1S/C22H15Cl2N3O5/c1-2-31-15-5-3-14(4-6-15)26-22(28)13(12-25)9-16-7-8-21(32-16)17-10-20(27(29)30)19(24)11-18(17)23/h3-11H,2H2,1H3,(H,26,28)/b13-9-. The number of furan rings is 1. The van der Waals surface area contributed by atoms with Crippen LogP contribution >= 0.6 is 23.2 Å². The van der Waals surface area contributed by atoms with Gasteiger partial charge in [-0.2, -0.15) is 5.26 Å². The first kappa shape index (κ1) is 22.9. The number of carbonyl (C=O) groups excluding carboxylic acids is 1. The quantitative estimate of drug-likeness (QED) is 0.192. The monoisotopic (exact) mass is 471 g/mol. The lowest BCUT2D eigenvalue weighted by molar-refractivity contribution is -0.384. The summed E-state index contributed by atoms with van der Waals surface area (Å²) >= 11 is 12.0. The van der Waals surface area contributed by atoms with Gasteiger partial charge in [0.15, 0.2) is 0 Å². The number of ether oxygens (including phenoxy) is 1. The molecule has 0 unspecified atom stereocenters. The number of hydrogen-bond donors (Lipinski definition) is 1. The average Bonchev–Trinajstić information content (AvgIpc) is 3.21. The van der Waals surface area contributed by atoms with Crippen molar-refractivity contribution in [3.63, 3.8) is 0 Å². The molecule has 0 aliphatic rings. The number of halogens is 2. The summed E-state index contributed by atoms with van der Waals surface area (Å²) in [6, 6.07) is 14.0. The zero-order valence-electron chi connectivity index (χ0n) is 16.6. The summed E-state index contributed by atoms with van der Waals surface area (Å²) in [4.78, 5) is 23.0. The molecule has 0 spiro atoms. The number of nitro groups is 1. The molecule has 0 saturated carbocycles. The van der Waals surface area contributed by atoms with Crippen LogP contribution in [0.2, 0.25) is 10.0 Å². The Kier molecular flexibility index (Phi) is 7.15. The normalized spacial score (nSPS) is 11.0. The smallest absolute Gasteiger partial charge is 0.288 e. The summed E-state index contributed by atoms with van der Waals surface area (Å²) in [6.45, 7) is 2.38. The molecule has 1 amide bonds. The molecule has 32 heavy (non-hydrogen) atoms. The molecule has 10 heteroatoms. The minimum absolute atomic E-state index is 0.104. The third-order valence-corrected chi connectivity index (χ3v) is 4.82. The van der Waals surface area contributed by atoms with Gasteiger partial charge in [0.25, 0.3) is 11.6 Å². The van der Waals surface area contributed by atoms with E-state index < -0.39 is 10.8 Å². The van der Waals surface area contributed by atoms with Crippen molar-refractivity contribution in [1.29, 1.82) is 5.26 Å². The van der Waals surface area contributed by atoms with Gasteiger partial charge >= 0.3 is 0 Å². The number of amides is 1. The van der Waals surface area contributed by atoms with Gasteiger partial charge in [-0.1, -0.05) is 23.2 Å². The van der Waals surface area contributed by atoms with E-state index in [-0.39, 0.29) is 38.4 Å². The molecular weight excluding hydrogens is 457 g/mol. The molecule has 0 bridgehead atoms. The Balaban J connectivity index is 1.82. The van der Waals surface area contributed by atoms with Gasteiger partial charge in [-0.15, -0.1) is 0 Å². The Morgan fingerprint density at radius 3 is 2.56 bits per heavy atom. The largest absolute Gasteiger partial charge is 0.494 e. The maximum Gasteiger partial charge on any atom is 0.288 e. The minimum atomic E-state index is -0.634. The van der Waals surface area contributed by atoms with Gasteiger partial charge in [0.2, 0.25) is 0 Å². The summed E-state index contributed by atoms with van der Waals surface area (Å²) in [5, 5.41) is 23.2. The van der Waals surface area contributed by atoms with E-state index in [1.807, 2.05) is 13.0 Å². The lowest BCUT2D eigenvalue weighted by Gasteiger charge is -2.06. The summed E-state index contributed by atoms with van der Waals surface area (Å²) in [5.41, 5.74) is 0.208. The van der Waals surface area contributed by atoms with Gasteiger partial charge in [-0.3, -0.25) is 14.9 Å². The van der Waals surface area contributed by atoms with Gasteiger partial charge in [-0.25, -0.2) is 0 Å². The van der Waals surface area contributed by atoms with Crippen molar-refractivity contribution in [1.82, 2.24) is 0 Å². The van der Waals surface area contributed by atoms with E-state index in [9.17, 15) is 20.2 Å². The fourth-order valence-corrected chi connectivity index (χ4v) is 3.28. The number of rotatable bonds is 7. The van der Waals surface area contributed by atoms with Gasteiger partial charge in [0, 0.05) is 23.4 Å². The highest BCUT2D eigenvalue weighted by Crippen LogP contribution is 2.37. The Hall–Kier alpha value is -3.80. The van der Waals surface area contributed by atoms with Crippen molar-refractivity contribution >= 4 is 46.6 Å². The van der Waals surface area contributed by atoms with Gasteiger partial charge in [0.05, 0.1) is 16.6 Å². The second-order valence-corrected chi connectivity index (χ2v) is 7.14. The molecule has 162 valence electrons. The molecule has 2 aromatic carbocycles. The summed E-state index contributed by atoms with van der Waals surface area (Å²) in [7, 11) is 0. The summed E-state index contributed by atoms with van der Waals surface area (Å²) in [5.74, 6) is 0.429. The van der Waals surface area contributed by atoms with Crippen LogP contribution in [-0.2, 0) is 4.79 Å². The first-order valence-corrected chi connectivity index (χ1v) is 9.97. The van der Waals surface area contributed by atoms with E-state index in [0.717, 1.165) is 0 Å². The third-order valence-electron chi connectivity index (χ3n) is 4.20. The molecule has 3 rings (SSSR count). The van der Waals surface area contributed by atoms with E-state index in [1.165, 1.54) is 30.3 Å². The number of nitro benzene ring substituents is 1. The van der Waals surface area contributed by atoms with Crippen LogP contribution in [0, 0.1) is 21.4 Å². The molecule has 8 nitrogen and oxygen atoms in total.